The summed E-state index contributed by atoms with van der Waals surface area (Å²) in [5, 5.41) is 9.57. The maximum absolute atomic E-state index is 12.1. The van der Waals surface area contributed by atoms with E-state index >= 15 is 0 Å². The molecule has 3 N–H and O–H groups in total. The molecule has 0 aliphatic carbocycles. The van der Waals surface area contributed by atoms with Gasteiger partial charge in [-0.2, -0.15) is 0 Å². The van der Waals surface area contributed by atoms with Crippen molar-refractivity contribution in [1.82, 2.24) is 0 Å². The van der Waals surface area contributed by atoms with Crippen LogP contribution in [0.15, 0.2) is 18.2 Å². The summed E-state index contributed by atoms with van der Waals surface area (Å²) in [4.78, 5) is 47.9. The first-order chi connectivity index (χ1) is 17.0. The molecule has 11 nitrogen and oxygen atoms in total. The van der Waals surface area contributed by atoms with E-state index < -0.39 is 42.3 Å². The average Bonchev–Trinajstić information content (AvgIpc) is 2.79. The smallest absolute Gasteiger partial charge is 0.480 e. The third kappa shape index (κ3) is 10.9. The van der Waals surface area contributed by atoms with Gasteiger partial charge in [0.25, 0.3) is 0 Å². The Morgan fingerprint density at radius 2 is 1.47 bits per heavy atom. The third-order valence-corrected chi connectivity index (χ3v) is 4.84. The van der Waals surface area contributed by atoms with Gasteiger partial charge in [-0.15, -0.1) is 0 Å². The fourth-order valence-corrected chi connectivity index (χ4v) is 3.20. The molecule has 0 saturated heterocycles. The van der Waals surface area contributed by atoms with Gasteiger partial charge in [-0.25, -0.2) is 9.59 Å². The summed E-state index contributed by atoms with van der Waals surface area (Å²) in [5.41, 5.74) is 6.33. The van der Waals surface area contributed by atoms with Gasteiger partial charge < -0.3 is 34.5 Å². The normalized spacial score (nSPS) is 13.3. The molecule has 1 aromatic carbocycles. The largest absolute Gasteiger partial charge is 0.513 e. The number of nitrogens with two attached hydrogens (primary N) is 1. The van der Waals surface area contributed by atoms with Crippen molar-refractivity contribution in [2.45, 2.75) is 78.4 Å². The lowest BCUT2D eigenvalue weighted by Gasteiger charge is -2.25. The fraction of sp³-hybridized carbons (Fsp3) is 0.600. The van der Waals surface area contributed by atoms with E-state index in [0.29, 0.717) is 18.4 Å². The third-order valence-electron chi connectivity index (χ3n) is 4.84. The van der Waals surface area contributed by atoms with Crippen LogP contribution < -0.4 is 15.2 Å². The Bertz CT molecular complexity index is 886. The minimum atomic E-state index is -1.36. The first-order valence-corrected chi connectivity index (χ1v) is 12.0. The summed E-state index contributed by atoms with van der Waals surface area (Å²) < 4.78 is 25.6. The van der Waals surface area contributed by atoms with Crippen molar-refractivity contribution in [2.75, 3.05) is 13.2 Å². The lowest BCUT2D eigenvalue weighted by Crippen LogP contribution is -2.38. The lowest BCUT2D eigenvalue weighted by molar-refractivity contribution is -0.149. The Hall–Kier alpha value is -3.34. The molecule has 2 unspecified atom stereocenters. The van der Waals surface area contributed by atoms with Crippen molar-refractivity contribution >= 4 is 24.2 Å². The Balaban J connectivity index is 3.27. The number of rotatable bonds is 14. The van der Waals surface area contributed by atoms with Crippen molar-refractivity contribution in [3.63, 3.8) is 0 Å². The molecule has 0 aliphatic heterocycles. The summed E-state index contributed by atoms with van der Waals surface area (Å²) in [6.45, 7) is 9.26. The number of carbonyl (C=O) groups is 4. The van der Waals surface area contributed by atoms with E-state index in [1.54, 1.807) is 13.8 Å². The van der Waals surface area contributed by atoms with E-state index in [2.05, 4.69) is 0 Å². The van der Waals surface area contributed by atoms with Crippen LogP contribution in [-0.4, -0.2) is 54.7 Å². The maximum atomic E-state index is 12.1. The molecule has 3 atom stereocenters. The van der Waals surface area contributed by atoms with Gasteiger partial charge in [0, 0.05) is 12.3 Å². The lowest BCUT2D eigenvalue weighted by atomic mass is 9.87. The van der Waals surface area contributed by atoms with Crippen molar-refractivity contribution in [1.29, 1.82) is 0 Å². The van der Waals surface area contributed by atoms with Crippen molar-refractivity contribution in [2.24, 2.45) is 11.7 Å². The number of benzene rings is 1. The van der Waals surface area contributed by atoms with Crippen molar-refractivity contribution in [3.05, 3.63) is 23.8 Å². The second kappa shape index (κ2) is 15.6. The number of carboxylic acids is 1. The van der Waals surface area contributed by atoms with Gasteiger partial charge >= 0.3 is 24.2 Å². The van der Waals surface area contributed by atoms with Crippen LogP contribution in [0.5, 0.6) is 11.5 Å². The van der Waals surface area contributed by atoms with Crippen LogP contribution >= 0.6 is 0 Å². The number of hydrogen-bond donors (Lipinski definition) is 2. The summed E-state index contributed by atoms with van der Waals surface area (Å²) in [6, 6.07) is 2.80. The molecule has 0 bridgehead atoms. The predicted molar refractivity (Wildman–Crippen MR) is 129 cm³/mol. The van der Waals surface area contributed by atoms with Crippen LogP contribution in [0.1, 0.15) is 71.8 Å². The quantitative estimate of drug-likeness (QED) is 0.207. The van der Waals surface area contributed by atoms with Crippen molar-refractivity contribution in [3.8, 4) is 11.5 Å². The highest BCUT2D eigenvalue weighted by atomic mass is 16.7. The monoisotopic (exact) mass is 511 g/mol. The summed E-state index contributed by atoms with van der Waals surface area (Å²) in [6.07, 6.45) is -1.24. The molecule has 36 heavy (non-hydrogen) atoms. The number of aliphatic carboxylic acids is 1. The van der Waals surface area contributed by atoms with E-state index in [1.807, 2.05) is 20.8 Å². The molecule has 11 heteroatoms. The van der Waals surface area contributed by atoms with Crippen LogP contribution in [0.3, 0.4) is 0 Å². The second-order valence-electron chi connectivity index (χ2n) is 8.71. The molecule has 0 amide bonds. The zero-order valence-corrected chi connectivity index (χ0v) is 21.5. The fourth-order valence-electron chi connectivity index (χ4n) is 3.20. The Morgan fingerprint density at radius 3 is 1.97 bits per heavy atom. The summed E-state index contributed by atoms with van der Waals surface area (Å²) in [5.74, 6) is -2.72. The van der Waals surface area contributed by atoms with Gasteiger partial charge in [0.15, 0.2) is 11.5 Å². The van der Waals surface area contributed by atoms with Crippen LogP contribution in [0, 0.1) is 5.92 Å². The molecule has 202 valence electrons. The van der Waals surface area contributed by atoms with E-state index in [0.717, 1.165) is 0 Å². The number of hydrogen-bond acceptors (Lipinski definition) is 10. The molecular formula is C25H37NO10. The highest BCUT2D eigenvalue weighted by molar-refractivity contribution is 5.75. The number of esters is 1. The number of carboxylic acid groups (broad SMARTS) is 1. The Morgan fingerprint density at radius 1 is 0.917 bits per heavy atom. The molecule has 1 aromatic rings. The molecule has 0 spiro atoms. The standard InChI is InChI=1S/C25H37NO10/c1-6-10-32-24(30)35-19-9-8-17(14-20(19)36-25(31)33-11-7-2)18(22(26)23(28)29)13-16(5)34-21(27)12-15(3)4/h8-9,14-16,18,22H,6-7,10-13,26H2,1-5H3,(H,28,29)/t16?,18?,22-/m0/s1. The van der Waals surface area contributed by atoms with Gasteiger partial charge in [0.05, 0.1) is 19.3 Å². The van der Waals surface area contributed by atoms with Gasteiger partial charge in [-0.05, 0) is 49.8 Å². The van der Waals surface area contributed by atoms with Crippen LogP contribution in [0.25, 0.3) is 0 Å². The van der Waals surface area contributed by atoms with E-state index in [4.69, 9.17) is 29.4 Å². The molecular weight excluding hydrogens is 474 g/mol. The SMILES string of the molecule is CCCOC(=O)Oc1ccc(C(CC(C)OC(=O)CC(C)C)[C@H](N)C(=O)O)cc1OC(=O)OCCC. The van der Waals surface area contributed by atoms with Gasteiger partial charge in [0.1, 0.15) is 6.04 Å². The molecule has 0 heterocycles. The van der Waals surface area contributed by atoms with Crippen LogP contribution in [-0.2, 0) is 23.8 Å². The predicted octanol–water partition coefficient (Wildman–Crippen LogP) is 4.40. The molecule has 0 fully saturated rings. The highest BCUT2D eigenvalue weighted by Crippen LogP contribution is 2.35. The van der Waals surface area contributed by atoms with E-state index in [1.165, 1.54) is 18.2 Å². The van der Waals surface area contributed by atoms with Gasteiger partial charge in [-0.3, -0.25) is 9.59 Å². The second-order valence-corrected chi connectivity index (χ2v) is 8.71. The Labute approximate surface area is 211 Å². The van der Waals surface area contributed by atoms with Crippen LogP contribution in [0.2, 0.25) is 0 Å². The number of carbonyl (C=O) groups excluding carboxylic acids is 3. The zero-order chi connectivity index (χ0) is 27.3. The Kier molecular flexibility index (Phi) is 13.3. The minimum absolute atomic E-state index is 0.0791. The molecule has 1 rings (SSSR count). The zero-order valence-electron chi connectivity index (χ0n) is 21.5. The van der Waals surface area contributed by atoms with Gasteiger partial charge in [0.2, 0.25) is 0 Å². The summed E-state index contributed by atoms with van der Waals surface area (Å²) >= 11 is 0. The number of ether oxygens (including phenoxy) is 5. The molecule has 0 aromatic heterocycles. The highest BCUT2D eigenvalue weighted by Gasteiger charge is 2.30. The van der Waals surface area contributed by atoms with Crippen LogP contribution in [0.4, 0.5) is 9.59 Å². The van der Waals surface area contributed by atoms with E-state index in [9.17, 15) is 24.3 Å². The molecule has 0 saturated carbocycles. The first-order valence-electron chi connectivity index (χ1n) is 12.0. The van der Waals surface area contributed by atoms with E-state index in [-0.39, 0.29) is 43.5 Å². The summed E-state index contributed by atoms with van der Waals surface area (Å²) in [7, 11) is 0. The topological polar surface area (TPSA) is 161 Å². The maximum Gasteiger partial charge on any atom is 0.513 e. The first kappa shape index (κ1) is 30.7. The molecule has 0 radical (unpaired) electrons. The molecule has 0 aliphatic rings. The van der Waals surface area contributed by atoms with Crippen molar-refractivity contribution < 1.29 is 48.0 Å². The average molecular weight is 512 g/mol. The van der Waals surface area contributed by atoms with Gasteiger partial charge in [-0.1, -0.05) is 33.8 Å². The minimum Gasteiger partial charge on any atom is -0.480 e.